The summed E-state index contributed by atoms with van der Waals surface area (Å²) in [6, 6.07) is 19.8. The van der Waals surface area contributed by atoms with Crippen LogP contribution in [0.5, 0.6) is 0 Å². The Kier molecular flexibility index (Phi) is 5.73. The average Bonchev–Trinajstić information content (AvgIpc) is 3.18. The maximum absolute atomic E-state index is 12.3. The van der Waals surface area contributed by atoms with Gasteiger partial charge in [-0.15, -0.1) is 0 Å². The number of carbonyl (C=O) groups excluding carboxylic acids is 1. The number of anilines is 1. The Hall–Kier alpha value is -3.45. The number of aliphatic hydroxyl groups is 1. The van der Waals surface area contributed by atoms with Crippen LogP contribution in [0.4, 0.5) is 5.69 Å². The first-order valence-electron chi connectivity index (χ1n) is 10.6. The van der Waals surface area contributed by atoms with Gasteiger partial charge in [0, 0.05) is 28.2 Å². The summed E-state index contributed by atoms with van der Waals surface area (Å²) in [6.07, 6.45) is 3.27. The van der Waals surface area contributed by atoms with E-state index in [1.165, 1.54) is 0 Å². The van der Waals surface area contributed by atoms with E-state index in [0.29, 0.717) is 43.8 Å². The molecule has 0 aliphatic carbocycles. The van der Waals surface area contributed by atoms with E-state index in [2.05, 4.69) is 15.3 Å². The Morgan fingerprint density at radius 2 is 1.76 bits per heavy atom. The Morgan fingerprint density at radius 3 is 2.47 bits per heavy atom. The van der Waals surface area contributed by atoms with Gasteiger partial charge >= 0.3 is 0 Å². The van der Waals surface area contributed by atoms with Crippen molar-refractivity contribution in [3.63, 3.8) is 0 Å². The van der Waals surface area contributed by atoms with Gasteiger partial charge in [-0.05, 0) is 47.5 Å². The Balaban J connectivity index is 1.75. The van der Waals surface area contributed by atoms with Crippen molar-refractivity contribution in [1.29, 1.82) is 0 Å². The molecule has 1 unspecified atom stereocenters. The number of rotatable bonds is 4. The molecule has 0 saturated carbocycles. The van der Waals surface area contributed by atoms with Gasteiger partial charge in [-0.1, -0.05) is 53.5 Å². The number of carbonyl (C=O) groups is 1. The molecule has 8 heteroatoms. The Bertz CT molecular complexity index is 1430. The molecule has 2 heterocycles. The van der Waals surface area contributed by atoms with E-state index >= 15 is 0 Å². The van der Waals surface area contributed by atoms with Crippen LogP contribution in [-0.2, 0) is 17.4 Å². The third-order valence-corrected chi connectivity index (χ3v) is 6.38. The van der Waals surface area contributed by atoms with Crippen LogP contribution in [0.15, 0.2) is 84.2 Å². The lowest BCUT2D eigenvalue weighted by atomic mass is 9.82. The zero-order chi connectivity index (χ0) is 23.9. The second-order valence-corrected chi connectivity index (χ2v) is 8.96. The van der Waals surface area contributed by atoms with Crippen LogP contribution in [-0.4, -0.2) is 32.8 Å². The molecule has 1 aromatic heterocycles. The van der Waals surface area contributed by atoms with Crippen LogP contribution < -0.4 is 5.32 Å². The molecule has 170 valence electrons. The molecular weight excluding hydrogens is 471 g/mol. The minimum absolute atomic E-state index is 0.0188. The molecule has 1 aliphatic rings. The molecule has 0 bridgehead atoms. The summed E-state index contributed by atoms with van der Waals surface area (Å²) in [5.41, 5.74) is 2.92. The molecule has 0 radical (unpaired) electrons. The number of hydrogen-bond acceptors (Lipinski definition) is 4. The first kappa shape index (κ1) is 22.3. The summed E-state index contributed by atoms with van der Waals surface area (Å²) < 4.78 is 1.77. The van der Waals surface area contributed by atoms with Gasteiger partial charge in [-0.25, -0.2) is 4.98 Å². The van der Waals surface area contributed by atoms with Crippen molar-refractivity contribution in [2.75, 3.05) is 11.9 Å². The molecule has 0 spiro atoms. The van der Waals surface area contributed by atoms with Crippen molar-refractivity contribution in [2.24, 2.45) is 12.0 Å². The van der Waals surface area contributed by atoms with E-state index in [4.69, 9.17) is 23.2 Å². The molecule has 6 nitrogen and oxygen atoms in total. The Morgan fingerprint density at radius 1 is 1.00 bits per heavy atom. The fraction of sp³-hybridized carbons (Fsp3) is 0.115. The van der Waals surface area contributed by atoms with E-state index in [1.54, 1.807) is 65.6 Å². The van der Waals surface area contributed by atoms with Crippen molar-refractivity contribution < 1.29 is 9.90 Å². The second kappa shape index (κ2) is 8.72. The minimum atomic E-state index is -1.54. The SMILES string of the molecule is Cn1cncc1C(O)(c1ccc(Cl)cc1)c1ccc2c(c1)C(c1cccc(Cl)c1)=NCC(=O)N2. The van der Waals surface area contributed by atoms with Crippen molar-refractivity contribution in [3.8, 4) is 0 Å². The van der Waals surface area contributed by atoms with E-state index in [1.807, 2.05) is 25.2 Å². The van der Waals surface area contributed by atoms with Crippen molar-refractivity contribution >= 4 is 40.5 Å². The van der Waals surface area contributed by atoms with Gasteiger partial charge in [0.05, 0.1) is 29.6 Å². The maximum Gasteiger partial charge on any atom is 0.246 e. The van der Waals surface area contributed by atoms with Gasteiger partial charge in [-0.2, -0.15) is 0 Å². The van der Waals surface area contributed by atoms with E-state index in [0.717, 1.165) is 5.56 Å². The first-order chi connectivity index (χ1) is 16.4. The highest BCUT2D eigenvalue weighted by atomic mass is 35.5. The zero-order valence-electron chi connectivity index (χ0n) is 18.2. The monoisotopic (exact) mass is 490 g/mol. The number of aryl methyl sites for hydroxylation is 1. The maximum atomic E-state index is 12.3. The summed E-state index contributed by atoms with van der Waals surface area (Å²) in [7, 11) is 1.83. The number of aliphatic imine (C=N–C) groups is 1. The van der Waals surface area contributed by atoms with Crippen LogP contribution in [0.2, 0.25) is 10.0 Å². The number of halogens is 2. The van der Waals surface area contributed by atoms with Crippen LogP contribution in [0.25, 0.3) is 0 Å². The minimum Gasteiger partial charge on any atom is -0.374 e. The van der Waals surface area contributed by atoms with E-state index in [9.17, 15) is 9.90 Å². The number of nitrogens with zero attached hydrogens (tertiary/aromatic N) is 3. The van der Waals surface area contributed by atoms with Crippen LogP contribution in [0, 0.1) is 0 Å². The Labute approximate surface area is 206 Å². The number of benzene rings is 3. The number of aromatic nitrogens is 2. The molecule has 1 atom stereocenters. The summed E-state index contributed by atoms with van der Waals surface area (Å²) in [5, 5.41) is 16.3. The van der Waals surface area contributed by atoms with Gasteiger partial charge in [-0.3, -0.25) is 9.79 Å². The third-order valence-electron chi connectivity index (χ3n) is 5.89. The standard InChI is InChI=1S/C26H20Cl2N4O2/c1-32-15-29-13-23(32)26(34,17-5-8-19(27)9-6-17)18-7-10-22-21(12-18)25(30-14-24(33)31-22)16-3-2-4-20(28)11-16/h2-13,15,34H,14H2,1H3,(H,31,33). The molecule has 5 rings (SSSR count). The third kappa shape index (κ3) is 3.90. The topological polar surface area (TPSA) is 79.5 Å². The van der Waals surface area contributed by atoms with E-state index in [-0.39, 0.29) is 12.5 Å². The summed E-state index contributed by atoms with van der Waals surface area (Å²) in [5.74, 6) is -0.217. The lowest BCUT2D eigenvalue weighted by Gasteiger charge is -2.30. The highest BCUT2D eigenvalue weighted by Gasteiger charge is 2.37. The molecule has 0 fully saturated rings. The fourth-order valence-electron chi connectivity index (χ4n) is 4.24. The lowest BCUT2D eigenvalue weighted by molar-refractivity contribution is -0.114. The van der Waals surface area contributed by atoms with Gasteiger partial charge < -0.3 is 15.0 Å². The van der Waals surface area contributed by atoms with Crippen LogP contribution >= 0.6 is 23.2 Å². The van der Waals surface area contributed by atoms with Gasteiger partial charge in [0.1, 0.15) is 6.54 Å². The zero-order valence-corrected chi connectivity index (χ0v) is 19.7. The number of nitrogens with one attached hydrogen (secondary N) is 1. The highest BCUT2D eigenvalue weighted by molar-refractivity contribution is 6.31. The molecule has 1 aliphatic heterocycles. The molecule has 2 N–H and O–H groups in total. The lowest BCUT2D eigenvalue weighted by Crippen LogP contribution is -2.31. The predicted octanol–water partition coefficient (Wildman–Crippen LogP) is 4.80. The van der Waals surface area contributed by atoms with Crippen LogP contribution in [0.3, 0.4) is 0 Å². The summed E-state index contributed by atoms with van der Waals surface area (Å²) in [4.78, 5) is 21.1. The van der Waals surface area contributed by atoms with E-state index < -0.39 is 5.60 Å². The second-order valence-electron chi connectivity index (χ2n) is 8.09. The molecule has 4 aromatic rings. The number of benzodiazepines with no additional fused rings is 1. The van der Waals surface area contributed by atoms with Gasteiger partial charge in [0.25, 0.3) is 0 Å². The number of fused-ring (bicyclic) bond motifs is 1. The molecular formula is C26H20Cl2N4O2. The largest absolute Gasteiger partial charge is 0.374 e. The first-order valence-corrected chi connectivity index (χ1v) is 11.3. The molecule has 3 aromatic carbocycles. The predicted molar refractivity (Wildman–Crippen MR) is 134 cm³/mol. The summed E-state index contributed by atoms with van der Waals surface area (Å²) >= 11 is 12.4. The average molecular weight is 491 g/mol. The van der Waals surface area contributed by atoms with Gasteiger partial charge in [0.15, 0.2) is 5.60 Å². The molecule has 34 heavy (non-hydrogen) atoms. The van der Waals surface area contributed by atoms with Crippen molar-refractivity contribution in [3.05, 3.63) is 117 Å². The van der Waals surface area contributed by atoms with Crippen molar-refractivity contribution in [2.45, 2.75) is 5.60 Å². The number of imidazole rings is 1. The number of hydrogen-bond donors (Lipinski definition) is 2. The van der Waals surface area contributed by atoms with Crippen LogP contribution in [0.1, 0.15) is 27.9 Å². The summed E-state index contributed by atoms with van der Waals surface area (Å²) in [6.45, 7) is -0.0188. The fourth-order valence-corrected chi connectivity index (χ4v) is 4.56. The molecule has 1 amide bonds. The van der Waals surface area contributed by atoms with Crippen molar-refractivity contribution in [1.82, 2.24) is 9.55 Å². The van der Waals surface area contributed by atoms with Gasteiger partial charge in [0.2, 0.25) is 5.91 Å². The molecule has 0 saturated heterocycles. The number of amides is 1. The highest BCUT2D eigenvalue weighted by Crippen LogP contribution is 2.39. The quantitative estimate of drug-likeness (QED) is 0.431. The normalized spacial score (nSPS) is 15.1. The smallest absolute Gasteiger partial charge is 0.246 e.